The molecule has 0 bridgehead atoms. The third-order valence-corrected chi connectivity index (χ3v) is 5.80. The molecule has 0 fully saturated rings. The van der Waals surface area contributed by atoms with Crippen molar-refractivity contribution < 1.29 is 23.9 Å². The van der Waals surface area contributed by atoms with E-state index >= 15 is 0 Å². The Kier molecular flexibility index (Phi) is 12.3. The lowest BCUT2D eigenvalue weighted by Gasteiger charge is -2.39. The SMILES string of the molecule is Cc1cc(C)cc(C(C(=O)NC(C)C)N(C(=O)C(CC(N)=O)NC(=O)OC(C)(C)C)C(C)CCC(C)C)c1. The Morgan fingerprint density at radius 3 is 1.92 bits per heavy atom. The lowest BCUT2D eigenvalue weighted by atomic mass is 9.94. The fourth-order valence-corrected chi connectivity index (χ4v) is 4.31. The van der Waals surface area contributed by atoms with Gasteiger partial charge in [-0.1, -0.05) is 43.2 Å². The van der Waals surface area contributed by atoms with Crippen molar-refractivity contribution in [1.29, 1.82) is 0 Å². The van der Waals surface area contributed by atoms with Crippen molar-refractivity contribution in [2.75, 3.05) is 0 Å². The Morgan fingerprint density at radius 2 is 1.47 bits per heavy atom. The quantitative estimate of drug-likeness (QED) is 0.370. The van der Waals surface area contributed by atoms with E-state index in [4.69, 9.17) is 10.5 Å². The van der Waals surface area contributed by atoms with Gasteiger partial charge in [-0.15, -0.1) is 0 Å². The lowest BCUT2D eigenvalue weighted by molar-refractivity contribution is -0.146. The second kappa shape index (κ2) is 14.2. The summed E-state index contributed by atoms with van der Waals surface area (Å²) in [5.74, 6) is -1.30. The maximum atomic E-state index is 14.2. The minimum Gasteiger partial charge on any atom is -0.444 e. The molecule has 0 radical (unpaired) electrons. The molecule has 0 spiro atoms. The molecule has 1 aromatic carbocycles. The highest BCUT2D eigenvalue weighted by Crippen LogP contribution is 2.29. The van der Waals surface area contributed by atoms with E-state index in [1.807, 2.05) is 52.8 Å². The van der Waals surface area contributed by atoms with Crippen LogP contribution in [-0.4, -0.2) is 52.4 Å². The van der Waals surface area contributed by atoms with Gasteiger partial charge in [0.15, 0.2) is 0 Å². The van der Waals surface area contributed by atoms with Gasteiger partial charge in [0.2, 0.25) is 17.7 Å². The van der Waals surface area contributed by atoms with Crippen molar-refractivity contribution in [2.24, 2.45) is 11.7 Å². The number of rotatable bonds is 12. The zero-order valence-electron chi connectivity index (χ0n) is 24.8. The highest BCUT2D eigenvalue weighted by molar-refractivity contribution is 5.94. The molecule has 0 heterocycles. The third-order valence-electron chi connectivity index (χ3n) is 5.80. The summed E-state index contributed by atoms with van der Waals surface area (Å²) in [5.41, 5.74) is 7.22. The summed E-state index contributed by atoms with van der Waals surface area (Å²) >= 11 is 0. The first kappa shape index (κ1) is 32.9. The van der Waals surface area contributed by atoms with E-state index in [2.05, 4.69) is 24.5 Å². The van der Waals surface area contributed by atoms with Gasteiger partial charge < -0.3 is 26.0 Å². The van der Waals surface area contributed by atoms with Crippen LogP contribution in [0.3, 0.4) is 0 Å². The number of amides is 4. The molecule has 9 nitrogen and oxygen atoms in total. The average molecular weight is 533 g/mol. The van der Waals surface area contributed by atoms with Gasteiger partial charge in [-0.2, -0.15) is 0 Å². The number of carbonyl (C=O) groups excluding carboxylic acids is 4. The van der Waals surface area contributed by atoms with E-state index < -0.39 is 42.0 Å². The first-order valence-electron chi connectivity index (χ1n) is 13.4. The largest absolute Gasteiger partial charge is 0.444 e. The number of nitrogens with zero attached hydrogens (tertiary/aromatic N) is 1. The predicted molar refractivity (Wildman–Crippen MR) is 149 cm³/mol. The topological polar surface area (TPSA) is 131 Å². The van der Waals surface area contributed by atoms with Crippen LogP contribution >= 0.6 is 0 Å². The zero-order chi connectivity index (χ0) is 29.4. The molecule has 3 unspecified atom stereocenters. The third kappa shape index (κ3) is 11.1. The van der Waals surface area contributed by atoms with Crippen LogP contribution in [0, 0.1) is 19.8 Å². The normalized spacial score (nSPS) is 14.0. The molecule has 0 aliphatic rings. The van der Waals surface area contributed by atoms with Crippen LogP contribution < -0.4 is 16.4 Å². The Hall–Kier alpha value is -3.10. The van der Waals surface area contributed by atoms with Crippen LogP contribution in [0.25, 0.3) is 0 Å². The van der Waals surface area contributed by atoms with Crippen molar-refractivity contribution in [2.45, 2.75) is 118 Å². The summed E-state index contributed by atoms with van der Waals surface area (Å²) in [6, 6.07) is 2.93. The van der Waals surface area contributed by atoms with Crippen molar-refractivity contribution in [1.82, 2.24) is 15.5 Å². The number of nitrogens with two attached hydrogens (primary N) is 1. The maximum Gasteiger partial charge on any atom is 0.408 e. The summed E-state index contributed by atoms with van der Waals surface area (Å²) in [6.45, 7) is 18.7. The van der Waals surface area contributed by atoms with Crippen molar-refractivity contribution >= 4 is 23.8 Å². The van der Waals surface area contributed by atoms with Gasteiger partial charge in [0.05, 0.1) is 6.42 Å². The fraction of sp³-hybridized carbons (Fsp3) is 0.655. The summed E-state index contributed by atoms with van der Waals surface area (Å²) in [4.78, 5) is 54.0. The van der Waals surface area contributed by atoms with Gasteiger partial charge in [0, 0.05) is 12.1 Å². The molecule has 0 saturated carbocycles. The fourth-order valence-electron chi connectivity index (χ4n) is 4.31. The molecule has 0 aliphatic carbocycles. The first-order chi connectivity index (χ1) is 17.4. The van der Waals surface area contributed by atoms with Gasteiger partial charge in [-0.3, -0.25) is 14.4 Å². The van der Waals surface area contributed by atoms with Crippen molar-refractivity contribution in [3.05, 3.63) is 34.9 Å². The number of hydrogen-bond acceptors (Lipinski definition) is 5. The van der Waals surface area contributed by atoms with Crippen molar-refractivity contribution in [3.8, 4) is 0 Å². The molecule has 1 rings (SSSR count). The average Bonchev–Trinajstić information content (AvgIpc) is 2.71. The van der Waals surface area contributed by atoms with E-state index in [1.54, 1.807) is 20.8 Å². The molecule has 0 aromatic heterocycles. The van der Waals surface area contributed by atoms with Crippen LogP contribution in [-0.2, 0) is 19.1 Å². The van der Waals surface area contributed by atoms with Crippen LogP contribution in [0.4, 0.5) is 4.79 Å². The lowest BCUT2D eigenvalue weighted by Crippen LogP contribution is -2.56. The molecule has 0 saturated heterocycles. The van der Waals surface area contributed by atoms with E-state index in [0.29, 0.717) is 17.9 Å². The van der Waals surface area contributed by atoms with Gasteiger partial charge in [-0.25, -0.2) is 4.79 Å². The minimum absolute atomic E-state index is 0.167. The first-order valence-corrected chi connectivity index (χ1v) is 13.4. The highest BCUT2D eigenvalue weighted by atomic mass is 16.6. The number of alkyl carbamates (subject to hydrolysis) is 1. The number of nitrogens with one attached hydrogen (secondary N) is 2. The van der Waals surface area contributed by atoms with E-state index in [9.17, 15) is 19.2 Å². The number of benzene rings is 1. The Balaban J connectivity index is 3.69. The van der Waals surface area contributed by atoms with Gasteiger partial charge in [-0.05, 0) is 79.7 Å². The molecule has 3 atom stereocenters. The van der Waals surface area contributed by atoms with Gasteiger partial charge in [0.1, 0.15) is 17.7 Å². The Morgan fingerprint density at radius 1 is 0.921 bits per heavy atom. The molecular formula is C29H48N4O5. The zero-order valence-corrected chi connectivity index (χ0v) is 24.8. The standard InChI is InChI=1S/C29H48N4O5/c1-17(2)11-12-21(7)33(27(36)23(16-24(30)34)32-28(37)38-29(8,9)10)25(26(35)31-18(3)4)22-14-19(5)13-20(6)15-22/h13-15,17-18,21,23,25H,11-12,16H2,1-10H3,(H2,30,34)(H,31,35)(H,32,37). The molecule has 38 heavy (non-hydrogen) atoms. The molecule has 214 valence electrons. The summed E-state index contributed by atoms with van der Waals surface area (Å²) < 4.78 is 5.34. The van der Waals surface area contributed by atoms with Crippen LogP contribution in [0.5, 0.6) is 0 Å². The second-order valence-corrected chi connectivity index (χ2v) is 11.9. The van der Waals surface area contributed by atoms with Crippen LogP contribution in [0.2, 0.25) is 0 Å². The van der Waals surface area contributed by atoms with Gasteiger partial charge >= 0.3 is 6.09 Å². The maximum absolute atomic E-state index is 14.2. The minimum atomic E-state index is -1.30. The highest BCUT2D eigenvalue weighted by Gasteiger charge is 2.39. The molecule has 0 aliphatic heterocycles. The second-order valence-electron chi connectivity index (χ2n) is 11.9. The van der Waals surface area contributed by atoms with E-state index in [1.165, 1.54) is 4.90 Å². The summed E-state index contributed by atoms with van der Waals surface area (Å²) in [5, 5.41) is 5.48. The van der Waals surface area contributed by atoms with E-state index in [-0.39, 0.29) is 18.0 Å². The van der Waals surface area contributed by atoms with Crippen LogP contribution in [0.15, 0.2) is 18.2 Å². The number of ether oxygens (including phenoxy) is 1. The van der Waals surface area contributed by atoms with Crippen molar-refractivity contribution in [3.63, 3.8) is 0 Å². The summed E-state index contributed by atoms with van der Waals surface area (Å²) in [7, 11) is 0. The molecule has 4 amide bonds. The Bertz CT molecular complexity index is 963. The molecule has 4 N–H and O–H groups in total. The monoisotopic (exact) mass is 532 g/mol. The van der Waals surface area contributed by atoms with E-state index in [0.717, 1.165) is 17.5 Å². The van der Waals surface area contributed by atoms with Gasteiger partial charge in [0.25, 0.3) is 0 Å². The molecule has 1 aromatic rings. The number of aryl methyl sites for hydroxylation is 2. The number of primary amides is 1. The smallest absolute Gasteiger partial charge is 0.408 e. The predicted octanol–water partition coefficient (Wildman–Crippen LogP) is 4.29. The molecular weight excluding hydrogens is 484 g/mol. The molecule has 9 heteroatoms. The summed E-state index contributed by atoms with van der Waals surface area (Å²) in [6.07, 6.45) is 0.157. The number of hydrogen-bond donors (Lipinski definition) is 3. The number of carbonyl (C=O) groups is 4. The Labute approximate surface area is 228 Å². The van der Waals surface area contributed by atoms with Crippen LogP contribution in [0.1, 0.15) is 97.4 Å².